The van der Waals surface area contributed by atoms with Gasteiger partial charge in [0.1, 0.15) is 0 Å². The number of hydrogen-bond donors (Lipinski definition) is 2. The van der Waals surface area contributed by atoms with Crippen LogP contribution in [0, 0.1) is 0 Å². The predicted octanol–water partition coefficient (Wildman–Crippen LogP) is 0.611. The van der Waals surface area contributed by atoms with Crippen molar-refractivity contribution in [3.63, 3.8) is 0 Å². The number of methoxy groups -OCH3 is 1. The zero-order chi connectivity index (χ0) is 13.0. The molecule has 2 rings (SSSR count). The molecule has 6 heteroatoms. The second-order valence-electron chi connectivity index (χ2n) is 3.80. The maximum Gasteiger partial charge on any atom is 0.246 e. The first kappa shape index (κ1) is 13.1. The number of nitrogens with one attached hydrogen (secondary N) is 2. The van der Waals surface area contributed by atoms with Crippen LogP contribution in [0.25, 0.3) is 0 Å². The summed E-state index contributed by atoms with van der Waals surface area (Å²) in [7, 11) is 1.56. The number of fused-ring (bicyclic) bond motifs is 1. The van der Waals surface area contributed by atoms with Gasteiger partial charge in [-0.15, -0.1) is 0 Å². The van der Waals surface area contributed by atoms with Gasteiger partial charge in [0.2, 0.25) is 5.91 Å². The zero-order valence-corrected chi connectivity index (χ0v) is 10.8. The summed E-state index contributed by atoms with van der Waals surface area (Å²) in [5, 5.41) is 2.65. The lowest BCUT2D eigenvalue weighted by Crippen LogP contribution is -2.49. The van der Waals surface area contributed by atoms with E-state index in [-0.39, 0.29) is 11.7 Å². The normalized spacial score (nSPS) is 18.3. The molecule has 1 aromatic rings. The number of benzene rings is 1. The summed E-state index contributed by atoms with van der Waals surface area (Å²) >= 11 is 1.31. The van der Waals surface area contributed by atoms with E-state index in [2.05, 4.69) is 10.0 Å². The lowest BCUT2D eigenvalue weighted by molar-refractivity contribution is -0.121. The molecule has 18 heavy (non-hydrogen) atoms. The molecule has 2 N–H and O–H groups in total. The molecule has 96 valence electrons. The maximum absolute atomic E-state index is 12.1. The molecule has 1 aliphatic heterocycles. The number of ether oxygens (including phenoxy) is 1. The number of hydrogen-bond acceptors (Lipinski definition) is 5. The van der Waals surface area contributed by atoms with Crippen molar-refractivity contribution in [1.82, 2.24) is 10.0 Å². The average Bonchev–Trinajstić information content (AvgIpc) is 2.39. The van der Waals surface area contributed by atoms with Crippen LogP contribution in [-0.4, -0.2) is 38.0 Å². The molecule has 5 nitrogen and oxygen atoms in total. The maximum atomic E-state index is 12.1. The quantitative estimate of drug-likeness (QED) is 0.475. The Hall–Kier alpha value is -1.37. The second kappa shape index (κ2) is 5.99. The SMILES string of the molecule is COCCNC(=O)C1NSc2ccccc2C1=O. The number of carbonyl (C=O) groups is 2. The molecule has 0 fully saturated rings. The first-order chi connectivity index (χ1) is 8.74. The van der Waals surface area contributed by atoms with Crippen LogP contribution >= 0.6 is 11.9 Å². The van der Waals surface area contributed by atoms with Gasteiger partial charge in [0.25, 0.3) is 0 Å². The molecule has 0 bridgehead atoms. The second-order valence-corrected chi connectivity index (χ2v) is 4.68. The van der Waals surface area contributed by atoms with Crippen LogP contribution in [0.3, 0.4) is 0 Å². The minimum atomic E-state index is -0.832. The Balaban J connectivity index is 2.05. The average molecular weight is 266 g/mol. The van der Waals surface area contributed by atoms with E-state index in [1.807, 2.05) is 12.1 Å². The van der Waals surface area contributed by atoms with E-state index in [1.165, 1.54) is 11.9 Å². The summed E-state index contributed by atoms with van der Waals surface area (Å²) in [6.07, 6.45) is 0. The summed E-state index contributed by atoms with van der Waals surface area (Å²) in [5.41, 5.74) is 0.591. The Kier molecular flexibility index (Phi) is 4.35. The summed E-state index contributed by atoms with van der Waals surface area (Å²) in [4.78, 5) is 24.8. The van der Waals surface area contributed by atoms with E-state index in [1.54, 1.807) is 19.2 Å². The van der Waals surface area contributed by atoms with Crippen molar-refractivity contribution in [2.24, 2.45) is 0 Å². The molecule has 0 radical (unpaired) electrons. The predicted molar refractivity (Wildman–Crippen MR) is 68.4 cm³/mol. The number of rotatable bonds is 4. The molecular formula is C12H14N2O3S. The third-order valence-electron chi connectivity index (χ3n) is 2.57. The summed E-state index contributed by atoms with van der Waals surface area (Å²) in [5.74, 6) is -0.515. The van der Waals surface area contributed by atoms with Gasteiger partial charge in [0.15, 0.2) is 11.8 Å². The highest BCUT2D eigenvalue weighted by molar-refractivity contribution is 7.97. The lowest BCUT2D eigenvalue weighted by Gasteiger charge is -2.22. The smallest absolute Gasteiger partial charge is 0.246 e. The van der Waals surface area contributed by atoms with Gasteiger partial charge in [-0.25, -0.2) is 4.72 Å². The van der Waals surface area contributed by atoms with Crippen LogP contribution < -0.4 is 10.0 Å². The molecule has 0 saturated carbocycles. The number of Topliss-reactive ketones (excluding diaryl/α,β-unsaturated/α-hetero) is 1. The van der Waals surface area contributed by atoms with Crippen molar-refractivity contribution in [3.05, 3.63) is 29.8 Å². The Bertz CT molecular complexity index is 464. The van der Waals surface area contributed by atoms with Crippen LogP contribution in [-0.2, 0) is 9.53 Å². The van der Waals surface area contributed by atoms with Crippen molar-refractivity contribution in [2.75, 3.05) is 20.3 Å². The third kappa shape index (κ3) is 2.72. The largest absolute Gasteiger partial charge is 0.383 e. The van der Waals surface area contributed by atoms with Gasteiger partial charge in [0, 0.05) is 24.1 Å². The molecule has 0 aromatic heterocycles. The van der Waals surface area contributed by atoms with E-state index < -0.39 is 6.04 Å². The lowest BCUT2D eigenvalue weighted by atomic mass is 10.0. The minimum Gasteiger partial charge on any atom is -0.383 e. The topological polar surface area (TPSA) is 67.4 Å². The fraction of sp³-hybridized carbons (Fsp3) is 0.333. The monoisotopic (exact) mass is 266 g/mol. The minimum absolute atomic E-state index is 0.195. The Morgan fingerprint density at radius 1 is 1.50 bits per heavy atom. The highest BCUT2D eigenvalue weighted by Crippen LogP contribution is 2.26. The van der Waals surface area contributed by atoms with Gasteiger partial charge in [-0.1, -0.05) is 18.2 Å². The van der Waals surface area contributed by atoms with Gasteiger partial charge < -0.3 is 10.1 Å². The van der Waals surface area contributed by atoms with Crippen LogP contribution in [0.5, 0.6) is 0 Å². The van der Waals surface area contributed by atoms with Gasteiger partial charge in [-0.2, -0.15) is 0 Å². The summed E-state index contributed by atoms with van der Waals surface area (Å²) in [6, 6.07) is 6.41. The Labute approximate surface area is 109 Å². The standard InChI is InChI=1S/C12H14N2O3S/c1-17-7-6-13-12(16)10-11(15)8-4-2-3-5-9(8)18-14-10/h2-5,10,14H,6-7H2,1H3,(H,13,16). The molecule has 1 atom stereocenters. The first-order valence-electron chi connectivity index (χ1n) is 5.56. The fourth-order valence-corrected chi connectivity index (χ4v) is 2.53. The van der Waals surface area contributed by atoms with E-state index >= 15 is 0 Å². The number of amides is 1. The van der Waals surface area contributed by atoms with Crippen molar-refractivity contribution in [2.45, 2.75) is 10.9 Å². The molecular weight excluding hydrogens is 252 g/mol. The molecule has 1 unspecified atom stereocenters. The van der Waals surface area contributed by atoms with Crippen LogP contribution in [0.15, 0.2) is 29.2 Å². The fourth-order valence-electron chi connectivity index (χ4n) is 1.64. The molecule has 0 saturated heterocycles. The van der Waals surface area contributed by atoms with Gasteiger partial charge in [-0.05, 0) is 18.0 Å². The van der Waals surface area contributed by atoms with Crippen LogP contribution in [0.1, 0.15) is 10.4 Å². The third-order valence-corrected chi connectivity index (χ3v) is 3.50. The van der Waals surface area contributed by atoms with Gasteiger partial charge >= 0.3 is 0 Å². The molecule has 0 aliphatic carbocycles. The molecule has 1 aliphatic rings. The van der Waals surface area contributed by atoms with Gasteiger partial charge in [-0.3, -0.25) is 9.59 Å². The van der Waals surface area contributed by atoms with Crippen molar-refractivity contribution in [3.8, 4) is 0 Å². The Morgan fingerprint density at radius 2 is 2.28 bits per heavy atom. The van der Waals surface area contributed by atoms with E-state index in [4.69, 9.17) is 4.74 Å². The van der Waals surface area contributed by atoms with E-state index in [9.17, 15) is 9.59 Å². The van der Waals surface area contributed by atoms with Gasteiger partial charge in [0.05, 0.1) is 6.61 Å². The highest BCUT2D eigenvalue weighted by atomic mass is 32.2. The molecule has 0 spiro atoms. The first-order valence-corrected chi connectivity index (χ1v) is 6.38. The van der Waals surface area contributed by atoms with E-state index in [0.717, 1.165) is 4.90 Å². The summed E-state index contributed by atoms with van der Waals surface area (Å²) < 4.78 is 7.70. The van der Waals surface area contributed by atoms with Crippen molar-refractivity contribution >= 4 is 23.6 Å². The molecule has 1 aromatic carbocycles. The van der Waals surface area contributed by atoms with Crippen LogP contribution in [0.2, 0.25) is 0 Å². The molecule has 1 heterocycles. The highest BCUT2D eigenvalue weighted by Gasteiger charge is 2.32. The number of ketones is 1. The summed E-state index contributed by atoms with van der Waals surface area (Å²) in [6.45, 7) is 0.823. The van der Waals surface area contributed by atoms with Crippen molar-refractivity contribution in [1.29, 1.82) is 0 Å². The van der Waals surface area contributed by atoms with Crippen molar-refractivity contribution < 1.29 is 14.3 Å². The number of carbonyl (C=O) groups excluding carboxylic acids is 2. The van der Waals surface area contributed by atoms with Crippen LogP contribution in [0.4, 0.5) is 0 Å². The Morgan fingerprint density at radius 3 is 3.06 bits per heavy atom. The zero-order valence-electron chi connectivity index (χ0n) is 9.93. The van der Waals surface area contributed by atoms with E-state index in [0.29, 0.717) is 18.7 Å². The molecule has 1 amide bonds.